The molecule has 74 valence electrons. The molecular weight excluding hydrogens is 148 g/mol. The Morgan fingerprint density at radius 1 is 1.08 bits per heavy atom. The number of rotatable bonds is 6. The van der Waals surface area contributed by atoms with Crippen molar-refractivity contribution < 1.29 is 0 Å². The van der Waals surface area contributed by atoms with Gasteiger partial charge in [-0.3, -0.25) is 0 Å². The average molecular weight is 172 g/mol. The van der Waals surface area contributed by atoms with Gasteiger partial charge >= 0.3 is 0 Å². The molecule has 2 heteroatoms. The lowest BCUT2D eigenvalue weighted by atomic mass is 9.85. The summed E-state index contributed by atoms with van der Waals surface area (Å²) in [6.07, 6.45) is 5.45. The Hall–Kier alpha value is -0.0800. The van der Waals surface area contributed by atoms with Crippen LogP contribution in [0.5, 0.6) is 0 Å². The van der Waals surface area contributed by atoms with Crippen molar-refractivity contribution in [3.63, 3.8) is 0 Å². The van der Waals surface area contributed by atoms with Gasteiger partial charge in [-0.1, -0.05) is 40.0 Å². The van der Waals surface area contributed by atoms with E-state index in [0.29, 0.717) is 5.92 Å². The molecule has 0 saturated heterocycles. The topological polar surface area (TPSA) is 52.0 Å². The summed E-state index contributed by atoms with van der Waals surface area (Å²) in [4.78, 5) is 0. The maximum atomic E-state index is 6.05. The molecule has 0 heterocycles. The normalized spacial score (nSPS) is 14.8. The van der Waals surface area contributed by atoms with E-state index in [2.05, 4.69) is 20.8 Å². The molecule has 0 amide bonds. The molecule has 0 aliphatic carbocycles. The Kier molecular flexibility index (Phi) is 5.51. The zero-order chi connectivity index (χ0) is 9.61. The minimum Gasteiger partial charge on any atom is -0.313 e. The molecule has 2 nitrogen and oxygen atoms in total. The molecule has 0 spiro atoms. The molecule has 4 N–H and O–H groups in total. The molecule has 0 rings (SSSR count). The van der Waals surface area contributed by atoms with E-state index in [1.165, 1.54) is 6.42 Å². The smallest absolute Gasteiger partial charge is 0.0665 e. The minimum absolute atomic E-state index is 0.431. The maximum Gasteiger partial charge on any atom is 0.0665 e. The van der Waals surface area contributed by atoms with Crippen LogP contribution in [0.25, 0.3) is 0 Å². The van der Waals surface area contributed by atoms with Gasteiger partial charge in [0.05, 0.1) is 5.66 Å². The summed E-state index contributed by atoms with van der Waals surface area (Å²) in [5.41, 5.74) is 11.7. The van der Waals surface area contributed by atoms with Crippen molar-refractivity contribution >= 4 is 0 Å². The van der Waals surface area contributed by atoms with E-state index < -0.39 is 5.66 Å². The fourth-order valence-corrected chi connectivity index (χ4v) is 1.84. The molecule has 0 fully saturated rings. The second kappa shape index (κ2) is 5.55. The highest BCUT2D eigenvalue weighted by molar-refractivity contribution is 4.83. The lowest BCUT2D eigenvalue weighted by Crippen LogP contribution is -2.55. The van der Waals surface area contributed by atoms with Gasteiger partial charge in [0, 0.05) is 0 Å². The van der Waals surface area contributed by atoms with Gasteiger partial charge in [0.2, 0.25) is 0 Å². The van der Waals surface area contributed by atoms with Gasteiger partial charge in [-0.05, 0) is 18.8 Å². The number of nitrogens with two attached hydrogens (primary N) is 2. The molecule has 0 bridgehead atoms. The van der Waals surface area contributed by atoms with Gasteiger partial charge in [0.15, 0.2) is 0 Å². The van der Waals surface area contributed by atoms with E-state index in [1.54, 1.807) is 0 Å². The van der Waals surface area contributed by atoms with Crippen molar-refractivity contribution in [2.75, 3.05) is 0 Å². The monoisotopic (exact) mass is 172 g/mol. The van der Waals surface area contributed by atoms with Crippen LogP contribution in [0, 0.1) is 5.92 Å². The van der Waals surface area contributed by atoms with Crippen LogP contribution in [-0.4, -0.2) is 5.66 Å². The number of hydrogen-bond donors (Lipinski definition) is 2. The average Bonchev–Trinajstić information content (AvgIpc) is 1.99. The van der Waals surface area contributed by atoms with Crippen molar-refractivity contribution in [1.29, 1.82) is 0 Å². The predicted octanol–water partition coefficient (Wildman–Crippen LogP) is 2.23. The molecule has 0 aromatic heterocycles. The van der Waals surface area contributed by atoms with E-state index in [9.17, 15) is 0 Å². The van der Waals surface area contributed by atoms with E-state index >= 15 is 0 Å². The predicted molar refractivity (Wildman–Crippen MR) is 54.7 cm³/mol. The Bertz CT molecular complexity index is 110. The lowest BCUT2D eigenvalue weighted by Gasteiger charge is -2.33. The third-order valence-electron chi connectivity index (χ3n) is 2.57. The first-order valence-electron chi connectivity index (χ1n) is 5.16. The highest BCUT2D eigenvalue weighted by Gasteiger charge is 2.27. The SMILES string of the molecule is CCCC(CC)C(N)(N)CCC. The molecule has 0 saturated carbocycles. The van der Waals surface area contributed by atoms with E-state index in [4.69, 9.17) is 11.5 Å². The van der Waals surface area contributed by atoms with Crippen LogP contribution in [0.3, 0.4) is 0 Å². The molecule has 1 atom stereocenters. The molecule has 0 aromatic carbocycles. The summed E-state index contributed by atoms with van der Waals surface area (Å²) < 4.78 is 0. The van der Waals surface area contributed by atoms with Gasteiger partial charge in [0.25, 0.3) is 0 Å². The fraction of sp³-hybridized carbons (Fsp3) is 1.00. The zero-order valence-electron chi connectivity index (χ0n) is 8.77. The summed E-state index contributed by atoms with van der Waals surface area (Å²) in [6.45, 7) is 6.49. The van der Waals surface area contributed by atoms with Crippen LogP contribution in [0.1, 0.15) is 52.9 Å². The quantitative estimate of drug-likeness (QED) is 0.604. The second-order valence-electron chi connectivity index (χ2n) is 3.76. The Balaban J connectivity index is 4.05. The zero-order valence-corrected chi connectivity index (χ0v) is 8.77. The Morgan fingerprint density at radius 2 is 1.67 bits per heavy atom. The van der Waals surface area contributed by atoms with Gasteiger partial charge in [-0.25, -0.2) is 0 Å². The van der Waals surface area contributed by atoms with Crippen molar-refractivity contribution in [2.45, 2.75) is 58.5 Å². The minimum atomic E-state index is -0.431. The summed E-state index contributed by atoms with van der Waals surface area (Å²) in [5.74, 6) is 0.488. The highest BCUT2D eigenvalue weighted by Crippen LogP contribution is 2.22. The highest BCUT2D eigenvalue weighted by atomic mass is 15.0. The van der Waals surface area contributed by atoms with Crippen LogP contribution < -0.4 is 11.5 Å². The van der Waals surface area contributed by atoms with E-state index in [0.717, 1.165) is 25.7 Å². The molecule has 0 radical (unpaired) electrons. The molecule has 1 unspecified atom stereocenters. The van der Waals surface area contributed by atoms with Gasteiger partial charge in [-0.15, -0.1) is 0 Å². The van der Waals surface area contributed by atoms with Crippen LogP contribution in [0.4, 0.5) is 0 Å². The van der Waals surface area contributed by atoms with Gasteiger partial charge in [-0.2, -0.15) is 0 Å². The Labute approximate surface area is 76.7 Å². The van der Waals surface area contributed by atoms with Crippen molar-refractivity contribution in [3.8, 4) is 0 Å². The molecular formula is C10H24N2. The summed E-state index contributed by atoms with van der Waals surface area (Å²) >= 11 is 0. The van der Waals surface area contributed by atoms with Gasteiger partial charge in [0.1, 0.15) is 0 Å². The summed E-state index contributed by atoms with van der Waals surface area (Å²) in [5, 5.41) is 0. The first-order valence-corrected chi connectivity index (χ1v) is 5.16. The van der Waals surface area contributed by atoms with Crippen molar-refractivity contribution in [2.24, 2.45) is 17.4 Å². The van der Waals surface area contributed by atoms with E-state index in [1.807, 2.05) is 0 Å². The Morgan fingerprint density at radius 3 is 2.00 bits per heavy atom. The standard InChI is InChI=1S/C10H24N2/c1-4-7-9(6-3)10(11,12)8-5-2/h9H,4-8,11-12H2,1-3H3. The molecule has 0 aliphatic heterocycles. The molecule has 0 aliphatic rings. The van der Waals surface area contributed by atoms with Crippen LogP contribution in [0.2, 0.25) is 0 Å². The van der Waals surface area contributed by atoms with Crippen LogP contribution in [0.15, 0.2) is 0 Å². The van der Waals surface area contributed by atoms with Gasteiger partial charge < -0.3 is 11.5 Å². The summed E-state index contributed by atoms with van der Waals surface area (Å²) in [7, 11) is 0. The van der Waals surface area contributed by atoms with Crippen LogP contribution >= 0.6 is 0 Å². The first-order chi connectivity index (χ1) is 5.58. The molecule has 0 aromatic rings. The molecule has 12 heavy (non-hydrogen) atoms. The lowest BCUT2D eigenvalue weighted by molar-refractivity contribution is 0.234. The number of hydrogen-bond acceptors (Lipinski definition) is 2. The van der Waals surface area contributed by atoms with Crippen molar-refractivity contribution in [3.05, 3.63) is 0 Å². The first kappa shape index (κ1) is 11.9. The van der Waals surface area contributed by atoms with Crippen molar-refractivity contribution in [1.82, 2.24) is 0 Å². The third-order valence-corrected chi connectivity index (χ3v) is 2.57. The second-order valence-corrected chi connectivity index (χ2v) is 3.76. The van der Waals surface area contributed by atoms with Crippen LogP contribution in [-0.2, 0) is 0 Å². The largest absolute Gasteiger partial charge is 0.313 e. The fourth-order valence-electron chi connectivity index (χ4n) is 1.84. The maximum absolute atomic E-state index is 6.05. The van der Waals surface area contributed by atoms with E-state index in [-0.39, 0.29) is 0 Å². The third kappa shape index (κ3) is 3.55. The summed E-state index contributed by atoms with van der Waals surface area (Å²) in [6, 6.07) is 0.